The van der Waals surface area contributed by atoms with E-state index in [0.717, 1.165) is 4.31 Å². The Morgan fingerprint density at radius 3 is 2.75 bits per heavy atom. The highest BCUT2D eigenvalue weighted by atomic mass is 32.2. The van der Waals surface area contributed by atoms with E-state index in [-0.39, 0.29) is 30.8 Å². The second-order valence-corrected chi connectivity index (χ2v) is 8.55. The van der Waals surface area contributed by atoms with Crippen molar-refractivity contribution in [1.29, 1.82) is 0 Å². The van der Waals surface area contributed by atoms with Gasteiger partial charge in [0.1, 0.15) is 12.0 Å². The third-order valence-corrected chi connectivity index (χ3v) is 6.24. The first-order valence-corrected chi connectivity index (χ1v) is 10.7. The van der Waals surface area contributed by atoms with Crippen molar-refractivity contribution >= 4 is 33.4 Å². The lowest BCUT2D eigenvalue weighted by Crippen LogP contribution is -2.55. The fourth-order valence-corrected chi connectivity index (χ4v) is 4.44. The summed E-state index contributed by atoms with van der Waals surface area (Å²) in [7, 11) is -4.10. The summed E-state index contributed by atoms with van der Waals surface area (Å²) in [6.45, 7) is 1.50. The van der Waals surface area contributed by atoms with Gasteiger partial charge < -0.3 is 10.1 Å². The first-order chi connectivity index (χ1) is 13.3. The van der Waals surface area contributed by atoms with Gasteiger partial charge in [0.2, 0.25) is 0 Å². The number of thiophene rings is 1. The third kappa shape index (κ3) is 4.73. The summed E-state index contributed by atoms with van der Waals surface area (Å²) in [4.78, 5) is 24.4. The number of nitrogens with one attached hydrogen (secondary N) is 2. The van der Waals surface area contributed by atoms with Gasteiger partial charge in [-0.2, -0.15) is 24.1 Å². The van der Waals surface area contributed by atoms with E-state index < -0.39 is 34.1 Å². The molecule has 0 aliphatic carbocycles. The van der Waals surface area contributed by atoms with Crippen LogP contribution in [-0.2, 0) is 14.9 Å². The number of nitrogens with zero attached hydrogens (tertiary/aromatic N) is 1. The number of amides is 2. The maximum Gasteiger partial charge on any atom is 0.304 e. The Kier molecular flexibility index (Phi) is 6.08. The number of rotatable bonds is 5. The molecule has 1 fully saturated rings. The normalized spacial score (nSPS) is 17.9. The number of halogens is 1. The Balaban J connectivity index is 1.64. The van der Waals surface area contributed by atoms with Gasteiger partial charge in [-0.25, -0.2) is 9.11 Å². The fourth-order valence-electron chi connectivity index (χ4n) is 2.67. The van der Waals surface area contributed by atoms with Gasteiger partial charge in [0.25, 0.3) is 11.8 Å². The number of carbonyl (C=O) groups is 2. The summed E-state index contributed by atoms with van der Waals surface area (Å²) in [5.41, 5.74) is 0.954. The van der Waals surface area contributed by atoms with E-state index in [1.54, 1.807) is 12.3 Å². The minimum atomic E-state index is -4.10. The molecule has 28 heavy (non-hydrogen) atoms. The van der Waals surface area contributed by atoms with Crippen LogP contribution >= 0.6 is 11.3 Å². The molecule has 2 amide bonds. The van der Waals surface area contributed by atoms with Crippen molar-refractivity contribution in [3.05, 3.63) is 57.5 Å². The standard InChI is InChI=1S/C17H18FN3O5S2/c1-11-8-13(18)2-3-14(11)17(23)19-15-9-21(5-6-26-15)28(24,25)20-16(22)12-4-7-27-10-12/h2-4,7-8,10,15H,5-6,9H2,1H3,(H,19,23)(H,20,22). The van der Waals surface area contributed by atoms with E-state index in [9.17, 15) is 22.4 Å². The molecule has 0 spiro atoms. The molecule has 1 atom stereocenters. The van der Waals surface area contributed by atoms with Crippen molar-refractivity contribution < 1.29 is 27.1 Å². The zero-order valence-corrected chi connectivity index (χ0v) is 16.5. The van der Waals surface area contributed by atoms with Gasteiger partial charge in [0.15, 0.2) is 0 Å². The molecule has 1 aliphatic heterocycles. The maximum atomic E-state index is 13.2. The zero-order valence-electron chi connectivity index (χ0n) is 14.8. The molecule has 1 saturated heterocycles. The number of aryl methyl sites for hydroxylation is 1. The molecule has 0 saturated carbocycles. The Morgan fingerprint density at radius 2 is 2.07 bits per heavy atom. The fraction of sp³-hybridized carbons (Fsp3) is 0.294. The molecular weight excluding hydrogens is 409 g/mol. The van der Waals surface area contributed by atoms with Crippen LogP contribution in [0, 0.1) is 12.7 Å². The van der Waals surface area contributed by atoms with Crippen molar-refractivity contribution in [1.82, 2.24) is 14.3 Å². The van der Waals surface area contributed by atoms with Gasteiger partial charge in [-0.15, -0.1) is 0 Å². The van der Waals surface area contributed by atoms with E-state index in [2.05, 4.69) is 5.32 Å². The van der Waals surface area contributed by atoms with Crippen LogP contribution in [0.15, 0.2) is 35.0 Å². The lowest BCUT2D eigenvalue weighted by molar-refractivity contribution is -0.0175. The van der Waals surface area contributed by atoms with Gasteiger partial charge in [-0.05, 0) is 42.1 Å². The molecule has 0 radical (unpaired) electrons. The van der Waals surface area contributed by atoms with Gasteiger partial charge in [-0.1, -0.05) is 0 Å². The highest BCUT2D eigenvalue weighted by Gasteiger charge is 2.32. The Hall–Kier alpha value is -2.34. The van der Waals surface area contributed by atoms with Gasteiger partial charge in [0.05, 0.1) is 18.7 Å². The molecule has 2 aromatic rings. The molecule has 1 aliphatic rings. The zero-order chi connectivity index (χ0) is 20.3. The monoisotopic (exact) mass is 427 g/mol. The predicted molar refractivity (Wildman–Crippen MR) is 101 cm³/mol. The van der Waals surface area contributed by atoms with Gasteiger partial charge in [-0.3, -0.25) is 9.59 Å². The molecule has 0 bridgehead atoms. The van der Waals surface area contributed by atoms with Crippen molar-refractivity contribution in [2.45, 2.75) is 13.2 Å². The predicted octanol–water partition coefficient (Wildman–Crippen LogP) is 1.26. The SMILES string of the molecule is Cc1cc(F)ccc1C(=O)NC1CN(S(=O)(=O)NC(=O)c2ccsc2)CCO1. The molecule has 1 aromatic heterocycles. The summed E-state index contributed by atoms with van der Waals surface area (Å²) >= 11 is 1.28. The number of morpholine rings is 1. The quantitative estimate of drug-likeness (QED) is 0.748. The number of hydrogen-bond donors (Lipinski definition) is 2. The summed E-state index contributed by atoms with van der Waals surface area (Å²) in [6, 6.07) is 5.26. The molecular formula is C17H18FN3O5S2. The summed E-state index contributed by atoms with van der Waals surface area (Å²) < 4.78 is 46.6. The molecule has 2 heterocycles. The first-order valence-electron chi connectivity index (χ1n) is 8.29. The van der Waals surface area contributed by atoms with Crippen LogP contribution in [-0.4, -0.2) is 50.5 Å². The number of benzene rings is 1. The maximum absolute atomic E-state index is 13.2. The smallest absolute Gasteiger partial charge is 0.304 e. The molecule has 3 rings (SSSR count). The summed E-state index contributed by atoms with van der Waals surface area (Å²) in [5.74, 6) is -1.69. The van der Waals surface area contributed by atoms with Crippen LogP contribution in [0.3, 0.4) is 0 Å². The lowest BCUT2D eigenvalue weighted by Gasteiger charge is -2.32. The van der Waals surface area contributed by atoms with Crippen molar-refractivity contribution in [2.24, 2.45) is 0 Å². The highest BCUT2D eigenvalue weighted by Crippen LogP contribution is 2.13. The Morgan fingerprint density at radius 1 is 1.29 bits per heavy atom. The molecule has 150 valence electrons. The van der Waals surface area contributed by atoms with Crippen LogP contribution < -0.4 is 10.0 Å². The molecule has 1 aromatic carbocycles. The van der Waals surface area contributed by atoms with Crippen LogP contribution in [0.1, 0.15) is 26.3 Å². The number of hydrogen-bond acceptors (Lipinski definition) is 6. The van der Waals surface area contributed by atoms with E-state index >= 15 is 0 Å². The van der Waals surface area contributed by atoms with E-state index in [0.29, 0.717) is 5.56 Å². The van der Waals surface area contributed by atoms with Crippen LogP contribution in [0.4, 0.5) is 4.39 Å². The van der Waals surface area contributed by atoms with Gasteiger partial charge in [0, 0.05) is 17.5 Å². The van der Waals surface area contributed by atoms with E-state index in [1.807, 2.05) is 4.72 Å². The number of ether oxygens (including phenoxy) is 1. The second-order valence-electron chi connectivity index (χ2n) is 6.10. The molecule has 8 nitrogen and oxygen atoms in total. The van der Waals surface area contributed by atoms with Crippen LogP contribution in [0.2, 0.25) is 0 Å². The average Bonchev–Trinajstić information content (AvgIpc) is 3.16. The van der Waals surface area contributed by atoms with Crippen molar-refractivity contribution in [2.75, 3.05) is 19.7 Å². The minimum absolute atomic E-state index is 0.0359. The van der Waals surface area contributed by atoms with Gasteiger partial charge >= 0.3 is 10.2 Å². The van der Waals surface area contributed by atoms with Crippen LogP contribution in [0.5, 0.6) is 0 Å². The second kappa shape index (κ2) is 8.35. The third-order valence-electron chi connectivity index (χ3n) is 4.10. The average molecular weight is 427 g/mol. The summed E-state index contributed by atoms with van der Waals surface area (Å²) in [5, 5.41) is 5.78. The minimum Gasteiger partial charge on any atom is -0.356 e. The Labute approximate surface area is 165 Å². The van der Waals surface area contributed by atoms with Crippen molar-refractivity contribution in [3.8, 4) is 0 Å². The molecule has 1 unspecified atom stereocenters. The molecule has 11 heteroatoms. The topological polar surface area (TPSA) is 105 Å². The largest absolute Gasteiger partial charge is 0.356 e. The lowest BCUT2D eigenvalue weighted by atomic mass is 10.1. The van der Waals surface area contributed by atoms with Crippen molar-refractivity contribution in [3.63, 3.8) is 0 Å². The highest BCUT2D eigenvalue weighted by molar-refractivity contribution is 7.87. The summed E-state index contributed by atoms with van der Waals surface area (Å²) in [6.07, 6.45) is -0.904. The van der Waals surface area contributed by atoms with E-state index in [1.165, 1.54) is 41.0 Å². The van der Waals surface area contributed by atoms with E-state index in [4.69, 9.17) is 4.74 Å². The first kappa shape index (κ1) is 20.4. The van der Waals surface area contributed by atoms with Crippen LogP contribution in [0.25, 0.3) is 0 Å². The molecule has 2 N–H and O–H groups in total. The number of carbonyl (C=O) groups excluding carboxylic acids is 2. The Bertz CT molecular complexity index is 979.